The average Bonchev–Trinajstić information content (AvgIpc) is 2.42. The Bertz CT molecular complexity index is 638. The van der Waals surface area contributed by atoms with Gasteiger partial charge in [-0.1, -0.05) is 23.2 Å². The molecule has 0 bridgehead atoms. The third kappa shape index (κ3) is 4.03. The Morgan fingerprint density at radius 3 is 2.85 bits per heavy atom. The maximum absolute atomic E-state index is 11.8. The maximum Gasteiger partial charge on any atom is 0.251 e. The molecular formula is C13H10Cl2N2O2S. The number of pyridine rings is 1. The molecule has 1 N–H and O–H groups in total. The molecule has 0 aliphatic carbocycles. The number of rotatable bonds is 4. The molecule has 4 nitrogen and oxygen atoms in total. The van der Waals surface area contributed by atoms with Crippen molar-refractivity contribution < 1.29 is 9.52 Å². The molecule has 0 saturated heterocycles. The van der Waals surface area contributed by atoms with Gasteiger partial charge in [0.15, 0.2) is 6.20 Å². The molecule has 0 unspecified atom stereocenters. The van der Waals surface area contributed by atoms with Gasteiger partial charge in [0.25, 0.3) is 5.03 Å². The molecule has 1 aromatic heterocycles. The van der Waals surface area contributed by atoms with Crippen LogP contribution < -0.4 is 10.0 Å². The topological polar surface area (TPSA) is 56.0 Å². The number of nitrogens with zero attached hydrogens (tertiary/aromatic N) is 1. The van der Waals surface area contributed by atoms with Crippen molar-refractivity contribution in [3.05, 3.63) is 57.8 Å². The Morgan fingerprint density at radius 2 is 2.10 bits per heavy atom. The highest BCUT2D eigenvalue weighted by Gasteiger charge is 2.10. The number of thioether (sulfide) groups is 1. The summed E-state index contributed by atoms with van der Waals surface area (Å²) >= 11 is 12.9. The van der Waals surface area contributed by atoms with Crippen molar-refractivity contribution in [2.45, 2.75) is 5.03 Å². The van der Waals surface area contributed by atoms with E-state index in [1.54, 1.807) is 36.4 Å². The molecule has 104 valence electrons. The van der Waals surface area contributed by atoms with Crippen LogP contribution in [-0.4, -0.2) is 11.7 Å². The Hall–Kier alpha value is -1.43. The highest BCUT2D eigenvalue weighted by molar-refractivity contribution is 7.99. The van der Waals surface area contributed by atoms with Crippen LogP contribution in [0.5, 0.6) is 0 Å². The number of nitrogens with one attached hydrogen (secondary N) is 1. The van der Waals surface area contributed by atoms with E-state index in [-0.39, 0.29) is 11.7 Å². The summed E-state index contributed by atoms with van der Waals surface area (Å²) in [4.78, 5) is 11.8. The summed E-state index contributed by atoms with van der Waals surface area (Å²) in [5, 5.41) is 15.4. The van der Waals surface area contributed by atoms with Crippen molar-refractivity contribution >= 4 is 46.6 Å². The minimum Gasteiger partial charge on any atom is -0.618 e. The zero-order chi connectivity index (χ0) is 14.5. The lowest BCUT2D eigenvalue weighted by Gasteiger charge is -2.07. The zero-order valence-corrected chi connectivity index (χ0v) is 12.5. The summed E-state index contributed by atoms with van der Waals surface area (Å²) in [7, 11) is 0. The molecule has 1 amide bonds. The molecule has 2 rings (SSSR count). The van der Waals surface area contributed by atoms with Gasteiger partial charge < -0.3 is 10.5 Å². The molecule has 7 heteroatoms. The van der Waals surface area contributed by atoms with E-state index in [4.69, 9.17) is 23.2 Å². The standard InChI is InChI=1S/C13H10Cl2N2O2S/c14-9-4-5-10(15)11(7-9)16-12(18)8-20-13-3-1-2-6-17(13)19/h1-7H,8H2,(H,16,18). The van der Waals surface area contributed by atoms with Gasteiger partial charge in [-0.2, -0.15) is 4.73 Å². The molecule has 1 heterocycles. The number of carbonyl (C=O) groups excluding carboxylic acids is 1. The van der Waals surface area contributed by atoms with Crippen LogP contribution in [0.25, 0.3) is 0 Å². The highest BCUT2D eigenvalue weighted by atomic mass is 35.5. The summed E-state index contributed by atoms with van der Waals surface area (Å²) in [6.07, 6.45) is 1.38. The molecule has 20 heavy (non-hydrogen) atoms. The maximum atomic E-state index is 11.8. The second kappa shape index (κ2) is 6.83. The van der Waals surface area contributed by atoms with E-state index in [1.807, 2.05) is 0 Å². The van der Waals surface area contributed by atoms with E-state index in [2.05, 4.69) is 5.32 Å². The van der Waals surface area contributed by atoms with Gasteiger partial charge in [-0.05, 0) is 36.0 Å². The quantitative estimate of drug-likeness (QED) is 0.532. The molecule has 0 aliphatic rings. The lowest BCUT2D eigenvalue weighted by molar-refractivity contribution is -0.645. The van der Waals surface area contributed by atoms with E-state index in [9.17, 15) is 10.0 Å². The van der Waals surface area contributed by atoms with E-state index in [0.29, 0.717) is 25.5 Å². The van der Waals surface area contributed by atoms with Gasteiger partial charge in [-0.25, -0.2) is 0 Å². The SMILES string of the molecule is O=C(CSc1cccc[n+]1[O-])Nc1cc(Cl)ccc1Cl. The van der Waals surface area contributed by atoms with Crippen molar-refractivity contribution in [2.24, 2.45) is 0 Å². The van der Waals surface area contributed by atoms with Gasteiger partial charge in [-0.3, -0.25) is 4.79 Å². The van der Waals surface area contributed by atoms with E-state index < -0.39 is 0 Å². The zero-order valence-electron chi connectivity index (χ0n) is 10.2. The van der Waals surface area contributed by atoms with Gasteiger partial charge in [0, 0.05) is 17.2 Å². The number of anilines is 1. The third-order valence-electron chi connectivity index (χ3n) is 2.34. The minimum absolute atomic E-state index is 0.106. The first-order valence-electron chi connectivity index (χ1n) is 5.62. The molecule has 0 radical (unpaired) electrons. The van der Waals surface area contributed by atoms with Gasteiger partial charge >= 0.3 is 0 Å². The van der Waals surface area contributed by atoms with Gasteiger partial charge in [0.05, 0.1) is 16.5 Å². The summed E-state index contributed by atoms with van der Waals surface area (Å²) in [5.74, 6) is -0.155. The monoisotopic (exact) mass is 328 g/mol. The van der Waals surface area contributed by atoms with Crippen LogP contribution in [0, 0.1) is 5.21 Å². The second-order valence-electron chi connectivity index (χ2n) is 3.83. The molecule has 1 aromatic carbocycles. The molecule has 0 saturated carbocycles. The highest BCUT2D eigenvalue weighted by Crippen LogP contribution is 2.25. The number of hydrogen-bond acceptors (Lipinski definition) is 3. The van der Waals surface area contributed by atoms with Gasteiger partial charge in [0.1, 0.15) is 0 Å². The van der Waals surface area contributed by atoms with Crippen LogP contribution in [-0.2, 0) is 4.79 Å². The van der Waals surface area contributed by atoms with Crippen LogP contribution in [0.2, 0.25) is 10.0 Å². The van der Waals surface area contributed by atoms with Crippen LogP contribution in [0.4, 0.5) is 5.69 Å². The Balaban J connectivity index is 1.96. The van der Waals surface area contributed by atoms with E-state index in [1.165, 1.54) is 6.20 Å². The number of carbonyl (C=O) groups is 1. The Labute approximate surface area is 130 Å². The van der Waals surface area contributed by atoms with Crippen LogP contribution in [0.3, 0.4) is 0 Å². The van der Waals surface area contributed by atoms with Crippen LogP contribution in [0.15, 0.2) is 47.6 Å². The summed E-state index contributed by atoms with van der Waals surface area (Å²) < 4.78 is 0.713. The second-order valence-corrected chi connectivity index (χ2v) is 5.66. The van der Waals surface area contributed by atoms with Gasteiger partial charge in [-0.15, -0.1) is 0 Å². The summed E-state index contributed by atoms with van der Waals surface area (Å²) in [6, 6.07) is 9.83. The number of halogens is 2. The largest absolute Gasteiger partial charge is 0.618 e. The number of benzene rings is 1. The fraction of sp³-hybridized carbons (Fsp3) is 0.0769. The third-order valence-corrected chi connectivity index (χ3v) is 3.93. The van der Waals surface area contributed by atoms with Gasteiger partial charge in [0.2, 0.25) is 5.91 Å². The van der Waals surface area contributed by atoms with E-state index >= 15 is 0 Å². The van der Waals surface area contributed by atoms with Crippen molar-refractivity contribution in [1.82, 2.24) is 0 Å². The van der Waals surface area contributed by atoms with E-state index in [0.717, 1.165) is 11.8 Å². The number of hydrogen-bond donors (Lipinski definition) is 1. The first-order chi connectivity index (χ1) is 9.56. The van der Waals surface area contributed by atoms with Crippen LogP contribution >= 0.6 is 35.0 Å². The first kappa shape index (κ1) is 15.0. The van der Waals surface area contributed by atoms with Crippen molar-refractivity contribution in [3.63, 3.8) is 0 Å². The molecule has 0 spiro atoms. The molecule has 0 aliphatic heterocycles. The van der Waals surface area contributed by atoms with Crippen molar-refractivity contribution in [1.29, 1.82) is 0 Å². The number of amides is 1. The fourth-order valence-corrected chi connectivity index (χ4v) is 2.49. The Morgan fingerprint density at radius 1 is 1.30 bits per heavy atom. The number of aromatic nitrogens is 1. The normalized spacial score (nSPS) is 10.3. The minimum atomic E-state index is -0.261. The smallest absolute Gasteiger partial charge is 0.251 e. The van der Waals surface area contributed by atoms with Crippen molar-refractivity contribution in [2.75, 3.05) is 11.1 Å². The molecular weight excluding hydrogens is 319 g/mol. The Kier molecular flexibility index (Phi) is 5.11. The first-order valence-corrected chi connectivity index (χ1v) is 7.36. The lowest BCUT2D eigenvalue weighted by Crippen LogP contribution is -2.28. The molecule has 2 aromatic rings. The summed E-state index contributed by atoms with van der Waals surface area (Å²) in [6.45, 7) is 0. The predicted octanol–water partition coefficient (Wildman–Crippen LogP) is 3.36. The molecule has 0 atom stereocenters. The predicted molar refractivity (Wildman–Crippen MR) is 81.2 cm³/mol. The van der Waals surface area contributed by atoms with Crippen LogP contribution in [0.1, 0.15) is 0 Å². The lowest BCUT2D eigenvalue weighted by atomic mass is 10.3. The van der Waals surface area contributed by atoms with Crippen molar-refractivity contribution in [3.8, 4) is 0 Å². The molecule has 0 fully saturated rings. The average molecular weight is 329 g/mol. The summed E-state index contributed by atoms with van der Waals surface area (Å²) in [5.41, 5.74) is 0.452. The fourth-order valence-electron chi connectivity index (χ4n) is 1.44.